The molecule has 0 radical (unpaired) electrons. The Labute approximate surface area is 171 Å². The van der Waals surface area contributed by atoms with Gasteiger partial charge in [0.15, 0.2) is 0 Å². The summed E-state index contributed by atoms with van der Waals surface area (Å²) in [5.74, 6) is 0.726. The molecule has 0 aliphatic carbocycles. The number of methoxy groups -OCH3 is 1. The molecule has 7 heteroatoms. The van der Waals surface area contributed by atoms with Gasteiger partial charge < -0.3 is 14.0 Å². The maximum absolute atomic E-state index is 12.8. The molecule has 3 rings (SSSR count). The summed E-state index contributed by atoms with van der Waals surface area (Å²) in [5, 5.41) is 0.617. The van der Waals surface area contributed by atoms with Gasteiger partial charge in [0.25, 0.3) is 0 Å². The Morgan fingerprint density at radius 2 is 2.21 bits per heavy atom. The van der Waals surface area contributed by atoms with Crippen LogP contribution in [0.25, 0.3) is 5.82 Å². The predicted molar refractivity (Wildman–Crippen MR) is 109 cm³/mol. The van der Waals surface area contributed by atoms with Gasteiger partial charge in [-0.15, -0.1) is 0 Å². The first-order chi connectivity index (χ1) is 13.6. The average molecular weight is 406 g/mol. The van der Waals surface area contributed by atoms with Crippen LogP contribution in [-0.2, 0) is 20.8 Å². The minimum Gasteiger partial charge on any atom is -0.466 e. The molecule has 0 saturated carbocycles. The van der Waals surface area contributed by atoms with Crippen LogP contribution in [-0.4, -0.2) is 53.8 Å². The van der Waals surface area contributed by atoms with Gasteiger partial charge in [0.05, 0.1) is 17.0 Å². The highest BCUT2D eigenvalue weighted by Gasteiger charge is 2.43. The standard InChI is InChI=1S/C21H28ClN3O3/c1-3-28-20(26)21(10-13-27-2)9-5-11-24(16-21)15-18-6-4-12-25(18)19-8-7-17(22)14-23-19/h4,6-8,12,14H,3,5,9-11,13,15-16H2,1-2H3. The van der Waals surface area contributed by atoms with Crippen molar-refractivity contribution in [3.8, 4) is 5.82 Å². The summed E-state index contributed by atoms with van der Waals surface area (Å²) in [7, 11) is 1.67. The highest BCUT2D eigenvalue weighted by Crippen LogP contribution is 2.36. The van der Waals surface area contributed by atoms with Crippen LogP contribution >= 0.6 is 11.6 Å². The number of hydrogen-bond acceptors (Lipinski definition) is 5. The number of aromatic nitrogens is 2. The summed E-state index contributed by atoms with van der Waals surface area (Å²) in [6.45, 7) is 5.18. The van der Waals surface area contributed by atoms with Gasteiger partial charge in [0.1, 0.15) is 5.82 Å². The number of carbonyl (C=O) groups excluding carboxylic acids is 1. The van der Waals surface area contributed by atoms with Crippen LogP contribution in [0.5, 0.6) is 0 Å². The van der Waals surface area contributed by atoms with E-state index in [1.807, 2.05) is 31.3 Å². The van der Waals surface area contributed by atoms with E-state index in [0.29, 0.717) is 31.2 Å². The molecule has 0 amide bonds. The molecule has 3 heterocycles. The zero-order valence-corrected chi connectivity index (χ0v) is 17.3. The number of halogens is 1. The Morgan fingerprint density at radius 3 is 2.93 bits per heavy atom. The summed E-state index contributed by atoms with van der Waals surface area (Å²) in [5.41, 5.74) is 0.626. The number of carbonyl (C=O) groups is 1. The molecule has 0 bridgehead atoms. The van der Waals surface area contributed by atoms with Crippen molar-refractivity contribution in [3.05, 3.63) is 47.4 Å². The first kappa shape index (κ1) is 20.8. The van der Waals surface area contributed by atoms with Gasteiger partial charge in [0, 0.05) is 44.9 Å². The molecule has 2 aromatic heterocycles. The fourth-order valence-electron chi connectivity index (χ4n) is 3.92. The van der Waals surface area contributed by atoms with Crippen LogP contribution in [0.2, 0.25) is 5.02 Å². The quantitative estimate of drug-likeness (QED) is 0.626. The lowest BCUT2D eigenvalue weighted by molar-refractivity contribution is -0.160. The summed E-state index contributed by atoms with van der Waals surface area (Å²) in [4.78, 5) is 19.5. The molecular formula is C21H28ClN3O3. The van der Waals surface area contributed by atoms with Crippen molar-refractivity contribution >= 4 is 17.6 Å². The second kappa shape index (κ2) is 9.54. The molecule has 2 aromatic rings. The Morgan fingerprint density at radius 1 is 1.36 bits per heavy atom. The number of hydrogen-bond donors (Lipinski definition) is 0. The smallest absolute Gasteiger partial charge is 0.313 e. The molecule has 1 aliphatic heterocycles. The molecular weight excluding hydrogens is 378 g/mol. The maximum Gasteiger partial charge on any atom is 0.313 e. The highest BCUT2D eigenvalue weighted by molar-refractivity contribution is 6.30. The number of likely N-dealkylation sites (tertiary alicyclic amines) is 1. The van der Waals surface area contributed by atoms with Crippen molar-refractivity contribution in [1.82, 2.24) is 14.5 Å². The second-order valence-electron chi connectivity index (χ2n) is 7.26. The molecule has 0 aromatic carbocycles. The fraction of sp³-hybridized carbons (Fsp3) is 0.524. The van der Waals surface area contributed by atoms with Gasteiger partial charge in [-0.2, -0.15) is 0 Å². The Hall–Kier alpha value is -1.89. The van der Waals surface area contributed by atoms with Gasteiger partial charge in [0.2, 0.25) is 0 Å². The van der Waals surface area contributed by atoms with Crippen molar-refractivity contribution in [3.63, 3.8) is 0 Å². The largest absolute Gasteiger partial charge is 0.466 e. The molecule has 6 nitrogen and oxygen atoms in total. The third kappa shape index (κ3) is 4.74. The van der Waals surface area contributed by atoms with E-state index in [-0.39, 0.29) is 5.97 Å². The Balaban J connectivity index is 1.77. The van der Waals surface area contributed by atoms with Crippen LogP contribution in [0.1, 0.15) is 31.9 Å². The zero-order chi connectivity index (χ0) is 20.0. The van der Waals surface area contributed by atoms with E-state index in [1.165, 1.54) is 0 Å². The van der Waals surface area contributed by atoms with Crippen LogP contribution in [0.3, 0.4) is 0 Å². The lowest BCUT2D eigenvalue weighted by atomic mass is 9.77. The van der Waals surface area contributed by atoms with Gasteiger partial charge >= 0.3 is 5.97 Å². The van der Waals surface area contributed by atoms with Crippen LogP contribution in [0.15, 0.2) is 36.7 Å². The lowest BCUT2D eigenvalue weighted by Crippen LogP contribution is -2.49. The number of ether oxygens (including phenoxy) is 2. The number of piperidine rings is 1. The summed E-state index contributed by atoms with van der Waals surface area (Å²) >= 11 is 5.96. The first-order valence-electron chi connectivity index (χ1n) is 9.74. The molecule has 0 spiro atoms. The van der Waals surface area contributed by atoms with Crippen molar-refractivity contribution in [2.75, 3.05) is 33.4 Å². The van der Waals surface area contributed by atoms with Crippen molar-refractivity contribution in [2.45, 2.75) is 32.7 Å². The summed E-state index contributed by atoms with van der Waals surface area (Å²) in [6, 6.07) is 7.85. The maximum atomic E-state index is 12.8. The van der Waals surface area contributed by atoms with Gasteiger partial charge in [-0.3, -0.25) is 9.69 Å². The molecule has 1 saturated heterocycles. The van der Waals surface area contributed by atoms with E-state index in [2.05, 4.69) is 20.5 Å². The SMILES string of the molecule is CCOC(=O)C1(CCOC)CCCN(Cc2cccn2-c2ccc(Cl)cn2)C1. The van der Waals surface area contributed by atoms with E-state index in [4.69, 9.17) is 21.1 Å². The van der Waals surface area contributed by atoms with Crippen molar-refractivity contribution in [2.24, 2.45) is 5.41 Å². The topological polar surface area (TPSA) is 56.6 Å². The molecule has 1 aliphatic rings. The van der Waals surface area contributed by atoms with E-state index in [9.17, 15) is 4.79 Å². The van der Waals surface area contributed by atoms with Crippen LogP contribution < -0.4 is 0 Å². The number of pyridine rings is 1. The van der Waals surface area contributed by atoms with Crippen molar-refractivity contribution in [1.29, 1.82) is 0 Å². The molecule has 152 valence electrons. The van der Waals surface area contributed by atoms with Gasteiger partial charge in [-0.05, 0) is 57.0 Å². The molecule has 1 unspecified atom stereocenters. The molecule has 1 atom stereocenters. The van der Waals surface area contributed by atoms with E-state index >= 15 is 0 Å². The highest BCUT2D eigenvalue weighted by atomic mass is 35.5. The summed E-state index contributed by atoms with van der Waals surface area (Å²) in [6.07, 6.45) is 6.13. The number of rotatable bonds is 8. The molecule has 28 heavy (non-hydrogen) atoms. The van der Waals surface area contributed by atoms with E-state index in [0.717, 1.165) is 37.4 Å². The monoisotopic (exact) mass is 405 g/mol. The fourth-order valence-corrected chi connectivity index (χ4v) is 4.04. The minimum absolute atomic E-state index is 0.105. The van der Waals surface area contributed by atoms with E-state index in [1.54, 1.807) is 13.3 Å². The van der Waals surface area contributed by atoms with Crippen LogP contribution in [0.4, 0.5) is 0 Å². The average Bonchev–Trinajstić information content (AvgIpc) is 3.15. The molecule has 1 fully saturated rings. The third-order valence-electron chi connectivity index (χ3n) is 5.33. The van der Waals surface area contributed by atoms with Crippen LogP contribution in [0, 0.1) is 5.41 Å². The van der Waals surface area contributed by atoms with Gasteiger partial charge in [-0.25, -0.2) is 4.98 Å². The third-order valence-corrected chi connectivity index (χ3v) is 5.55. The predicted octanol–water partition coefficient (Wildman–Crippen LogP) is 3.71. The lowest BCUT2D eigenvalue weighted by Gasteiger charge is -2.41. The summed E-state index contributed by atoms with van der Waals surface area (Å²) < 4.78 is 12.8. The second-order valence-corrected chi connectivity index (χ2v) is 7.70. The first-order valence-corrected chi connectivity index (χ1v) is 10.1. The Kier molecular flexibility index (Phi) is 7.10. The number of nitrogens with zero attached hydrogens (tertiary/aromatic N) is 3. The Bertz CT molecular complexity index is 777. The normalized spacial score (nSPS) is 20.2. The van der Waals surface area contributed by atoms with Crippen molar-refractivity contribution < 1.29 is 14.3 Å². The number of esters is 1. The van der Waals surface area contributed by atoms with E-state index < -0.39 is 5.41 Å². The molecule has 0 N–H and O–H groups in total. The van der Waals surface area contributed by atoms with Gasteiger partial charge in [-0.1, -0.05) is 11.6 Å². The minimum atomic E-state index is -0.500. The zero-order valence-electron chi connectivity index (χ0n) is 16.6.